The van der Waals surface area contributed by atoms with Gasteiger partial charge in [-0.25, -0.2) is 0 Å². The molecule has 40 valence electrons. The molecule has 0 aromatic rings. The van der Waals surface area contributed by atoms with Gasteiger partial charge in [0.25, 0.3) is 0 Å². The second-order valence-corrected chi connectivity index (χ2v) is 1.25. The molecule has 2 heteroatoms. The van der Waals surface area contributed by atoms with Crippen LogP contribution in [0.25, 0.3) is 0 Å². The molecule has 7 heavy (non-hydrogen) atoms. The normalized spacial score (nSPS) is 11.6. The molecule has 0 fully saturated rings. The molecule has 0 heterocycles. The number of halogens is 1. The molecule has 0 aromatic heterocycles. The highest BCUT2D eigenvalue weighted by molar-refractivity contribution is 5.86. The van der Waals surface area contributed by atoms with Crippen LogP contribution in [0.15, 0.2) is 11.6 Å². The predicted molar refractivity (Wildman–Crippen MR) is 25.5 cm³/mol. The zero-order chi connectivity index (χ0) is 5.86. The molecule has 0 bridgehead atoms. The van der Waals surface area contributed by atoms with E-state index in [0.717, 1.165) is 0 Å². The van der Waals surface area contributed by atoms with E-state index in [0.29, 0.717) is 0 Å². The van der Waals surface area contributed by atoms with Crippen molar-refractivity contribution in [2.75, 3.05) is 0 Å². The van der Waals surface area contributed by atoms with Crippen molar-refractivity contribution in [3.05, 3.63) is 11.6 Å². The van der Waals surface area contributed by atoms with E-state index >= 15 is 0 Å². The number of allylic oxidation sites excluding steroid dienone is 2. The second kappa shape index (κ2) is 2.50. The lowest BCUT2D eigenvalue weighted by Crippen LogP contribution is -1.86. The molecule has 0 radical (unpaired) electrons. The van der Waals surface area contributed by atoms with Crippen molar-refractivity contribution in [3.63, 3.8) is 0 Å². The third-order valence-electron chi connectivity index (χ3n) is 0.743. The molecule has 0 unspecified atom stereocenters. The van der Waals surface area contributed by atoms with Crippen molar-refractivity contribution in [2.45, 2.75) is 13.8 Å². The summed E-state index contributed by atoms with van der Waals surface area (Å²) in [7, 11) is 0. The third-order valence-corrected chi connectivity index (χ3v) is 0.743. The van der Waals surface area contributed by atoms with E-state index in [4.69, 9.17) is 0 Å². The fourth-order valence-electron chi connectivity index (χ4n) is 0.113. The van der Waals surface area contributed by atoms with Crippen molar-refractivity contribution >= 4 is 6.04 Å². The highest BCUT2D eigenvalue weighted by Crippen LogP contribution is 1.92. The van der Waals surface area contributed by atoms with Crippen molar-refractivity contribution < 1.29 is 9.18 Å². The van der Waals surface area contributed by atoms with Crippen LogP contribution in [0.2, 0.25) is 0 Å². The first kappa shape index (κ1) is 6.34. The Morgan fingerprint density at radius 1 is 1.71 bits per heavy atom. The van der Waals surface area contributed by atoms with Crippen LogP contribution in [0.1, 0.15) is 13.8 Å². The number of hydrogen-bond acceptors (Lipinski definition) is 1. The quantitative estimate of drug-likeness (QED) is 0.361. The minimum atomic E-state index is -1.34. The van der Waals surface area contributed by atoms with Crippen LogP contribution in [0.5, 0.6) is 0 Å². The average Bonchev–Trinajstić information content (AvgIpc) is 1.65. The van der Waals surface area contributed by atoms with Gasteiger partial charge >= 0.3 is 6.04 Å². The largest absolute Gasteiger partial charge is 0.327 e. The first-order valence-corrected chi connectivity index (χ1v) is 2.01. The smallest absolute Gasteiger partial charge is 0.256 e. The van der Waals surface area contributed by atoms with Gasteiger partial charge in [-0.3, -0.25) is 4.79 Å². The first-order chi connectivity index (χ1) is 3.18. The van der Waals surface area contributed by atoms with Gasteiger partial charge in [0.2, 0.25) is 0 Å². The molecule has 0 saturated carbocycles. The lowest BCUT2D eigenvalue weighted by molar-refractivity contribution is -0.125. The van der Waals surface area contributed by atoms with Crippen LogP contribution in [-0.4, -0.2) is 6.04 Å². The average molecular weight is 102 g/mol. The lowest BCUT2D eigenvalue weighted by Gasteiger charge is -1.80. The lowest BCUT2D eigenvalue weighted by atomic mass is 10.3. The van der Waals surface area contributed by atoms with Crippen LogP contribution in [0, 0.1) is 0 Å². The number of carbonyl (C=O) groups excluding carboxylic acids is 1. The number of hydrogen-bond donors (Lipinski definition) is 0. The highest BCUT2D eigenvalue weighted by Gasteiger charge is 1.95. The van der Waals surface area contributed by atoms with Crippen molar-refractivity contribution in [3.8, 4) is 0 Å². The summed E-state index contributed by atoms with van der Waals surface area (Å²) in [4.78, 5) is 9.64. The molecule has 1 nitrogen and oxygen atoms in total. The molecule has 0 aromatic carbocycles. The Bertz CT molecular complexity index is 105. The fraction of sp³-hybridized carbons (Fsp3) is 0.400. The van der Waals surface area contributed by atoms with E-state index in [1.54, 1.807) is 6.92 Å². The molecule has 0 atom stereocenters. The maximum absolute atomic E-state index is 11.4. The summed E-state index contributed by atoms with van der Waals surface area (Å²) >= 11 is 0. The maximum Gasteiger partial charge on any atom is 0.327 e. The SMILES string of the molecule is C/C=C(\C)C(=O)F. The second-order valence-electron chi connectivity index (χ2n) is 1.25. The van der Waals surface area contributed by atoms with E-state index in [1.165, 1.54) is 13.0 Å². The van der Waals surface area contributed by atoms with Gasteiger partial charge in [-0.15, -0.1) is 0 Å². The molecule has 0 spiro atoms. The van der Waals surface area contributed by atoms with E-state index in [9.17, 15) is 9.18 Å². The maximum atomic E-state index is 11.4. The molecule has 0 aliphatic rings. The molecular formula is C5H7FO. The van der Waals surface area contributed by atoms with E-state index in [-0.39, 0.29) is 5.57 Å². The van der Waals surface area contributed by atoms with Crippen molar-refractivity contribution in [1.29, 1.82) is 0 Å². The van der Waals surface area contributed by atoms with Gasteiger partial charge in [0.05, 0.1) is 0 Å². The topological polar surface area (TPSA) is 17.1 Å². The summed E-state index contributed by atoms with van der Waals surface area (Å²) in [6.45, 7) is 3.05. The Kier molecular flexibility index (Phi) is 2.27. The Morgan fingerprint density at radius 2 is 2.14 bits per heavy atom. The van der Waals surface area contributed by atoms with E-state index in [1.807, 2.05) is 0 Å². The first-order valence-electron chi connectivity index (χ1n) is 2.01. The zero-order valence-corrected chi connectivity index (χ0v) is 4.36. The van der Waals surface area contributed by atoms with Crippen LogP contribution < -0.4 is 0 Å². The minimum Gasteiger partial charge on any atom is -0.256 e. The van der Waals surface area contributed by atoms with Crippen LogP contribution in [0.4, 0.5) is 4.39 Å². The fourth-order valence-corrected chi connectivity index (χ4v) is 0.113. The van der Waals surface area contributed by atoms with Crippen LogP contribution in [0.3, 0.4) is 0 Å². The summed E-state index contributed by atoms with van der Waals surface area (Å²) in [6.07, 6.45) is 1.43. The Hall–Kier alpha value is -0.660. The molecule has 0 aliphatic heterocycles. The monoisotopic (exact) mass is 102 g/mol. The Morgan fingerprint density at radius 3 is 2.14 bits per heavy atom. The number of carbonyl (C=O) groups is 1. The summed E-state index contributed by atoms with van der Waals surface area (Å²) in [5, 5.41) is 0. The summed E-state index contributed by atoms with van der Waals surface area (Å²) in [5.74, 6) is 0. The van der Waals surface area contributed by atoms with Gasteiger partial charge in [-0.1, -0.05) is 6.08 Å². The van der Waals surface area contributed by atoms with Crippen LogP contribution >= 0.6 is 0 Å². The van der Waals surface area contributed by atoms with E-state index in [2.05, 4.69) is 0 Å². The summed E-state index contributed by atoms with van der Waals surface area (Å²) in [5.41, 5.74) is 0.167. The minimum absolute atomic E-state index is 0.167. The summed E-state index contributed by atoms with van der Waals surface area (Å²) < 4.78 is 11.4. The molecule has 0 rings (SSSR count). The van der Waals surface area contributed by atoms with Gasteiger partial charge in [-0.2, -0.15) is 4.39 Å². The standard InChI is InChI=1S/C5H7FO/c1-3-4(2)5(6)7/h3H,1-2H3/b4-3+. The summed E-state index contributed by atoms with van der Waals surface area (Å²) in [6, 6.07) is -1.34. The Balaban J connectivity index is 3.82. The van der Waals surface area contributed by atoms with E-state index < -0.39 is 6.04 Å². The van der Waals surface area contributed by atoms with Gasteiger partial charge in [0, 0.05) is 5.57 Å². The highest BCUT2D eigenvalue weighted by atomic mass is 19.1. The Labute approximate surface area is 41.8 Å². The van der Waals surface area contributed by atoms with Crippen LogP contribution in [-0.2, 0) is 4.79 Å². The van der Waals surface area contributed by atoms with Gasteiger partial charge in [0.15, 0.2) is 0 Å². The van der Waals surface area contributed by atoms with Gasteiger partial charge < -0.3 is 0 Å². The molecule has 0 saturated heterocycles. The molecular weight excluding hydrogens is 95.1 g/mol. The number of rotatable bonds is 1. The van der Waals surface area contributed by atoms with Gasteiger partial charge in [-0.05, 0) is 13.8 Å². The molecule has 0 N–H and O–H groups in total. The zero-order valence-electron chi connectivity index (χ0n) is 4.36. The molecule has 0 aliphatic carbocycles. The third kappa shape index (κ3) is 2.09. The predicted octanol–water partition coefficient (Wildman–Crippen LogP) is 1.45. The van der Waals surface area contributed by atoms with Gasteiger partial charge in [0.1, 0.15) is 0 Å². The molecule has 0 amide bonds. The van der Waals surface area contributed by atoms with Crippen molar-refractivity contribution in [1.82, 2.24) is 0 Å². The van der Waals surface area contributed by atoms with Crippen molar-refractivity contribution in [2.24, 2.45) is 0 Å².